The Labute approximate surface area is 166 Å². The van der Waals surface area contributed by atoms with Crippen LogP contribution < -0.4 is 14.8 Å². The Morgan fingerprint density at radius 3 is 3.04 bits per heavy atom. The van der Waals surface area contributed by atoms with Crippen molar-refractivity contribution in [2.24, 2.45) is 5.92 Å². The lowest BCUT2D eigenvalue weighted by atomic mass is 9.99. The fourth-order valence-electron chi connectivity index (χ4n) is 3.96. The van der Waals surface area contributed by atoms with Gasteiger partial charge in [0.05, 0.1) is 6.61 Å². The Bertz CT molecular complexity index is 796. The molecule has 144 valence electrons. The van der Waals surface area contributed by atoms with Gasteiger partial charge < -0.3 is 19.7 Å². The second-order valence-corrected chi connectivity index (χ2v) is 8.02. The second kappa shape index (κ2) is 8.51. The molecule has 0 spiro atoms. The van der Waals surface area contributed by atoms with Gasteiger partial charge in [0.2, 0.25) is 0 Å². The van der Waals surface area contributed by atoms with Crippen LogP contribution in [0.3, 0.4) is 0 Å². The summed E-state index contributed by atoms with van der Waals surface area (Å²) in [5.41, 5.74) is 3.34. The average Bonchev–Trinajstić information content (AvgIpc) is 2.91. The Morgan fingerprint density at radius 2 is 2.19 bits per heavy atom. The van der Waals surface area contributed by atoms with Crippen LogP contribution in [0.4, 0.5) is 0 Å². The minimum atomic E-state index is 0.568. The van der Waals surface area contributed by atoms with Crippen molar-refractivity contribution in [2.45, 2.75) is 19.4 Å². The highest BCUT2D eigenvalue weighted by molar-refractivity contribution is 6.30. The summed E-state index contributed by atoms with van der Waals surface area (Å²) in [6.07, 6.45) is 2.47. The molecule has 4 rings (SSSR count). The number of nitrogens with one attached hydrogen (secondary N) is 1. The van der Waals surface area contributed by atoms with Crippen LogP contribution in [0.1, 0.15) is 18.4 Å². The molecule has 4 nitrogen and oxygen atoms in total. The number of rotatable bonds is 4. The summed E-state index contributed by atoms with van der Waals surface area (Å²) in [5, 5.41) is 4.16. The van der Waals surface area contributed by atoms with Crippen LogP contribution in [-0.2, 0) is 6.54 Å². The first-order chi connectivity index (χ1) is 13.2. The first-order valence-electron chi connectivity index (χ1n) is 9.77. The molecule has 1 fully saturated rings. The fourth-order valence-corrected chi connectivity index (χ4v) is 4.15. The largest absolute Gasteiger partial charge is 0.489 e. The molecule has 2 aromatic carbocycles. The van der Waals surface area contributed by atoms with Crippen molar-refractivity contribution in [3.8, 4) is 22.6 Å². The third-order valence-corrected chi connectivity index (χ3v) is 5.56. The highest BCUT2D eigenvalue weighted by atomic mass is 35.5. The van der Waals surface area contributed by atoms with Crippen molar-refractivity contribution in [2.75, 3.05) is 39.9 Å². The van der Waals surface area contributed by atoms with Crippen LogP contribution in [0.5, 0.6) is 11.5 Å². The van der Waals surface area contributed by atoms with Gasteiger partial charge in [-0.3, -0.25) is 0 Å². The quantitative estimate of drug-likeness (QED) is 0.853. The molecule has 5 heteroatoms. The smallest absolute Gasteiger partial charge is 0.165 e. The van der Waals surface area contributed by atoms with E-state index in [1.165, 1.54) is 19.4 Å². The number of halogens is 1. The van der Waals surface area contributed by atoms with Crippen molar-refractivity contribution < 1.29 is 9.47 Å². The van der Waals surface area contributed by atoms with Crippen LogP contribution in [0.25, 0.3) is 11.1 Å². The van der Waals surface area contributed by atoms with E-state index in [9.17, 15) is 0 Å². The van der Waals surface area contributed by atoms with Gasteiger partial charge in [0.1, 0.15) is 6.61 Å². The molecule has 0 amide bonds. The normalized spacial score (nSPS) is 20.4. The lowest BCUT2D eigenvalue weighted by Gasteiger charge is -2.29. The van der Waals surface area contributed by atoms with E-state index < -0.39 is 0 Å². The molecule has 1 saturated heterocycles. The molecule has 1 atom stereocenters. The predicted octanol–water partition coefficient (Wildman–Crippen LogP) is 4.21. The zero-order chi connectivity index (χ0) is 18.6. The van der Waals surface area contributed by atoms with Gasteiger partial charge in [-0.2, -0.15) is 0 Å². The van der Waals surface area contributed by atoms with Gasteiger partial charge in [-0.25, -0.2) is 0 Å². The maximum atomic E-state index is 6.33. The number of likely N-dealkylation sites (tertiary alicyclic amines) is 1. The van der Waals surface area contributed by atoms with Gasteiger partial charge in [-0.05, 0) is 61.8 Å². The fraction of sp³-hybridized carbons (Fsp3) is 0.455. The van der Waals surface area contributed by atoms with Crippen LogP contribution >= 0.6 is 11.6 Å². The summed E-state index contributed by atoms with van der Waals surface area (Å²) in [6.45, 7) is 5.29. The van der Waals surface area contributed by atoms with Crippen molar-refractivity contribution in [3.05, 3.63) is 47.0 Å². The van der Waals surface area contributed by atoms with E-state index in [0.717, 1.165) is 59.5 Å². The summed E-state index contributed by atoms with van der Waals surface area (Å²) in [6, 6.07) is 12.2. The van der Waals surface area contributed by atoms with Gasteiger partial charge in [0.25, 0.3) is 0 Å². The van der Waals surface area contributed by atoms with Crippen LogP contribution in [-0.4, -0.2) is 44.8 Å². The van der Waals surface area contributed by atoms with Crippen molar-refractivity contribution in [1.29, 1.82) is 0 Å². The highest BCUT2D eigenvalue weighted by Gasteiger charge is 2.21. The van der Waals surface area contributed by atoms with Crippen LogP contribution in [0.15, 0.2) is 36.4 Å². The highest BCUT2D eigenvalue weighted by Crippen LogP contribution is 2.38. The van der Waals surface area contributed by atoms with E-state index >= 15 is 0 Å². The monoisotopic (exact) mass is 386 g/mol. The van der Waals surface area contributed by atoms with E-state index in [1.807, 2.05) is 18.2 Å². The first kappa shape index (κ1) is 18.6. The summed E-state index contributed by atoms with van der Waals surface area (Å²) >= 11 is 6.21. The van der Waals surface area contributed by atoms with Gasteiger partial charge in [-0.15, -0.1) is 0 Å². The van der Waals surface area contributed by atoms with E-state index in [0.29, 0.717) is 12.5 Å². The van der Waals surface area contributed by atoms with Gasteiger partial charge >= 0.3 is 0 Å². The SMILES string of the molecule is CN1CCCC(COc2cc(-c3cccc(Cl)c3)cc3c2OCCNC3)C1. The molecule has 2 aliphatic heterocycles. The van der Waals surface area contributed by atoms with Gasteiger partial charge in [0, 0.05) is 36.1 Å². The van der Waals surface area contributed by atoms with Crippen LogP contribution in [0.2, 0.25) is 5.02 Å². The number of hydrogen-bond donors (Lipinski definition) is 1. The maximum Gasteiger partial charge on any atom is 0.165 e. The zero-order valence-corrected chi connectivity index (χ0v) is 16.6. The number of hydrogen-bond acceptors (Lipinski definition) is 4. The van der Waals surface area contributed by atoms with E-state index in [-0.39, 0.29) is 0 Å². The maximum absolute atomic E-state index is 6.33. The summed E-state index contributed by atoms with van der Waals surface area (Å²) < 4.78 is 12.4. The lowest BCUT2D eigenvalue weighted by molar-refractivity contribution is 0.147. The Hall–Kier alpha value is -1.75. The summed E-state index contributed by atoms with van der Waals surface area (Å²) in [5.74, 6) is 2.30. The number of nitrogens with zero attached hydrogens (tertiary/aromatic N) is 1. The van der Waals surface area contributed by atoms with E-state index in [2.05, 4.69) is 35.5 Å². The second-order valence-electron chi connectivity index (χ2n) is 7.58. The molecule has 0 bridgehead atoms. The van der Waals surface area contributed by atoms with Crippen molar-refractivity contribution in [3.63, 3.8) is 0 Å². The molecule has 2 aliphatic rings. The molecule has 0 aliphatic carbocycles. The van der Waals surface area contributed by atoms with E-state index in [4.69, 9.17) is 21.1 Å². The molecule has 0 saturated carbocycles. The van der Waals surface area contributed by atoms with Gasteiger partial charge in [-0.1, -0.05) is 23.7 Å². The number of fused-ring (bicyclic) bond motifs is 1. The molecule has 1 N–H and O–H groups in total. The molecule has 1 unspecified atom stereocenters. The molecule has 0 aromatic heterocycles. The standard InChI is InChI=1S/C22H27ClN2O2/c1-25-8-3-4-16(14-25)15-27-21-12-18(17-5-2-6-20(23)11-17)10-19-13-24-7-9-26-22(19)21/h2,5-6,10-12,16,24H,3-4,7-9,13-15H2,1H3. The number of benzene rings is 2. The third kappa shape index (κ3) is 4.57. The molecule has 2 heterocycles. The zero-order valence-electron chi connectivity index (χ0n) is 15.8. The molecule has 2 aromatic rings. The predicted molar refractivity (Wildman–Crippen MR) is 110 cm³/mol. The molecule has 0 radical (unpaired) electrons. The summed E-state index contributed by atoms with van der Waals surface area (Å²) in [7, 11) is 2.19. The lowest BCUT2D eigenvalue weighted by Crippen LogP contribution is -2.34. The average molecular weight is 387 g/mol. The van der Waals surface area contributed by atoms with E-state index in [1.54, 1.807) is 0 Å². The minimum Gasteiger partial charge on any atom is -0.489 e. The summed E-state index contributed by atoms with van der Waals surface area (Å²) in [4.78, 5) is 2.39. The number of piperidine rings is 1. The topological polar surface area (TPSA) is 33.7 Å². The van der Waals surface area contributed by atoms with Crippen LogP contribution in [0, 0.1) is 5.92 Å². The number of ether oxygens (including phenoxy) is 2. The Kier molecular flexibility index (Phi) is 5.86. The van der Waals surface area contributed by atoms with Crippen molar-refractivity contribution in [1.82, 2.24) is 10.2 Å². The first-order valence-corrected chi connectivity index (χ1v) is 10.1. The van der Waals surface area contributed by atoms with Gasteiger partial charge in [0.15, 0.2) is 11.5 Å². The Balaban J connectivity index is 1.62. The minimum absolute atomic E-state index is 0.568. The van der Waals surface area contributed by atoms with Crippen molar-refractivity contribution >= 4 is 11.6 Å². The molecule has 27 heavy (non-hydrogen) atoms. The molecular formula is C22H27ClN2O2. The Morgan fingerprint density at radius 1 is 1.26 bits per heavy atom. The molecular weight excluding hydrogens is 360 g/mol. The third-order valence-electron chi connectivity index (χ3n) is 5.33.